The molecule has 1 aliphatic carbocycles. The molecule has 0 aliphatic heterocycles. The number of Topliss-reactive ketones (excluding diaryl/α,β-unsaturated/α-hetero) is 1. The Morgan fingerprint density at radius 1 is 1.25 bits per heavy atom. The van der Waals surface area contributed by atoms with Gasteiger partial charge in [-0.15, -0.1) is 0 Å². The summed E-state index contributed by atoms with van der Waals surface area (Å²) in [6.07, 6.45) is 1.18. The second-order valence-corrected chi connectivity index (χ2v) is 4.30. The molecule has 4 atom stereocenters. The summed E-state index contributed by atoms with van der Waals surface area (Å²) in [5, 5.41) is 9.56. The minimum Gasteiger partial charge on any atom is -0.385 e. The number of aliphatic hydroxyl groups excluding tert-OH is 1. The highest BCUT2D eigenvalue weighted by atomic mass is 16.3. The molecule has 0 aromatic carbocycles. The Morgan fingerprint density at radius 3 is 2.42 bits per heavy atom. The predicted molar refractivity (Wildman–Crippen MR) is 47.7 cm³/mol. The van der Waals surface area contributed by atoms with Gasteiger partial charge < -0.3 is 5.11 Å². The average molecular weight is 170 g/mol. The van der Waals surface area contributed by atoms with Gasteiger partial charge in [0.25, 0.3) is 0 Å². The Labute approximate surface area is 74.0 Å². The molecule has 1 fully saturated rings. The van der Waals surface area contributed by atoms with E-state index >= 15 is 0 Å². The molecular weight excluding hydrogens is 152 g/mol. The van der Waals surface area contributed by atoms with Crippen LogP contribution in [0.25, 0.3) is 0 Å². The van der Waals surface area contributed by atoms with Crippen LogP contribution in [-0.4, -0.2) is 17.0 Å². The highest BCUT2D eigenvalue weighted by molar-refractivity contribution is 5.85. The van der Waals surface area contributed by atoms with E-state index in [4.69, 9.17) is 0 Å². The molecule has 1 saturated carbocycles. The van der Waals surface area contributed by atoms with Crippen LogP contribution in [0, 0.1) is 17.8 Å². The Morgan fingerprint density at radius 2 is 1.83 bits per heavy atom. The second-order valence-electron chi connectivity index (χ2n) is 4.30. The van der Waals surface area contributed by atoms with Crippen LogP contribution in [0.15, 0.2) is 0 Å². The van der Waals surface area contributed by atoms with E-state index in [1.807, 2.05) is 13.8 Å². The molecule has 2 heteroatoms. The number of carbonyl (C=O) groups excluding carboxylic acids is 1. The molecule has 12 heavy (non-hydrogen) atoms. The first kappa shape index (κ1) is 9.72. The first-order chi connectivity index (χ1) is 5.52. The van der Waals surface area contributed by atoms with Crippen LogP contribution in [-0.2, 0) is 4.79 Å². The van der Waals surface area contributed by atoms with Gasteiger partial charge in [0, 0.05) is 5.92 Å². The molecule has 0 heterocycles. The topological polar surface area (TPSA) is 37.3 Å². The summed E-state index contributed by atoms with van der Waals surface area (Å²) in [7, 11) is 0. The monoisotopic (exact) mass is 170 g/mol. The highest BCUT2D eigenvalue weighted by Crippen LogP contribution is 2.28. The number of rotatable bonds is 0. The maximum atomic E-state index is 11.5. The number of hydrogen-bond donors (Lipinski definition) is 1. The Bertz CT molecular complexity index is 177. The molecular formula is C10H18O2. The third-order valence-electron chi connectivity index (χ3n) is 2.85. The normalized spacial score (nSPS) is 44.2. The van der Waals surface area contributed by atoms with Gasteiger partial charge in [0.15, 0.2) is 5.78 Å². The summed E-state index contributed by atoms with van der Waals surface area (Å²) in [5.74, 6) is 0.778. The van der Waals surface area contributed by atoms with Crippen molar-refractivity contribution in [2.75, 3.05) is 0 Å². The van der Waals surface area contributed by atoms with E-state index in [1.165, 1.54) is 0 Å². The van der Waals surface area contributed by atoms with Crippen molar-refractivity contribution in [3.05, 3.63) is 0 Å². The van der Waals surface area contributed by atoms with Gasteiger partial charge in [-0.1, -0.05) is 20.8 Å². The van der Waals surface area contributed by atoms with Gasteiger partial charge in [-0.25, -0.2) is 0 Å². The van der Waals surface area contributed by atoms with Crippen molar-refractivity contribution in [2.24, 2.45) is 17.8 Å². The number of aliphatic hydroxyl groups is 1. The zero-order valence-corrected chi connectivity index (χ0v) is 8.08. The summed E-state index contributed by atoms with van der Waals surface area (Å²) in [6.45, 7) is 6.02. The van der Waals surface area contributed by atoms with Crippen molar-refractivity contribution >= 4 is 5.78 Å². The van der Waals surface area contributed by atoms with Crippen molar-refractivity contribution in [1.29, 1.82) is 0 Å². The van der Waals surface area contributed by atoms with Gasteiger partial charge >= 0.3 is 0 Å². The third-order valence-corrected chi connectivity index (χ3v) is 2.85. The Kier molecular flexibility index (Phi) is 2.89. The van der Waals surface area contributed by atoms with E-state index in [0.29, 0.717) is 5.92 Å². The maximum Gasteiger partial charge on any atom is 0.164 e. The minimum atomic E-state index is -0.718. The minimum absolute atomic E-state index is 0.0341. The number of ketones is 1. The largest absolute Gasteiger partial charge is 0.385 e. The molecule has 2 nitrogen and oxygen atoms in total. The lowest BCUT2D eigenvalue weighted by Gasteiger charge is -2.15. The third kappa shape index (κ3) is 1.86. The molecule has 4 unspecified atom stereocenters. The van der Waals surface area contributed by atoms with E-state index in [9.17, 15) is 9.90 Å². The molecule has 1 aliphatic rings. The van der Waals surface area contributed by atoms with Crippen LogP contribution in [0.5, 0.6) is 0 Å². The van der Waals surface area contributed by atoms with Crippen molar-refractivity contribution in [1.82, 2.24) is 0 Å². The van der Waals surface area contributed by atoms with E-state index in [-0.39, 0.29) is 17.6 Å². The van der Waals surface area contributed by atoms with Crippen molar-refractivity contribution in [3.63, 3.8) is 0 Å². The zero-order valence-electron chi connectivity index (χ0n) is 8.08. The quantitative estimate of drug-likeness (QED) is 0.561. The molecule has 0 aromatic rings. The van der Waals surface area contributed by atoms with E-state index in [0.717, 1.165) is 12.8 Å². The molecule has 0 spiro atoms. The summed E-state index contributed by atoms with van der Waals surface area (Å²) >= 11 is 0. The van der Waals surface area contributed by atoms with Crippen LogP contribution < -0.4 is 0 Å². The van der Waals surface area contributed by atoms with Crippen LogP contribution in [0.1, 0.15) is 33.6 Å². The van der Waals surface area contributed by atoms with Gasteiger partial charge in [-0.2, -0.15) is 0 Å². The Hall–Kier alpha value is -0.370. The van der Waals surface area contributed by atoms with E-state index < -0.39 is 6.10 Å². The first-order valence-electron chi connectivity index (χ1n) is 4.74. The van der Waals surface area contributed by atoms with Gasteiger partial charge in [0.05, 0.1) is 0 Å². The number of hydrogen-bond acceptors (Lipinski definition) is 2. The van der Waals surface area contributed by atoms with Crippen LogP contribution in [0.2, 0.25) is 0 Å². The average Bonchev–Trinajstić information content (AvgIpc) is 2.05. The highest BCUT2D eigenvalue weighted by Gasteiger charge is 2.32. The molecule has 0 saturated heterocycles. The van der Waals surface area contributed by atoms with Gasteiger partial charge in [-0.05, 0) is 24.7 Å². The second kappa shape index (κ2) is 3.56. The maximum absolute atomic E-state index is 11.5. The predicted octanol–water partition coefficient (Wildman–Crippen LogP) is 1.62. The van der Waals surface area contributed by atoms with Gasteiger partial charge in [0.2, 0.25) is 0 Å². The summed E-state index contributed by atoms with van der Waals surface area (Å²) in [4.78, 5) is 11.5. The van der Waals surface area contributed by atoms with Crippen LogP contribution >= 0.6 is 0 Å². The summed E-state index contributed by atoms with van der Waals surface area (Å²) in [6, 6.07) is 0. The molecule has 0 radical (unpaired) electrons. The van der Waals surface area contributed by atoms with Crippen molar-refractivity contribution in [3.8, 4) is 0 Å². The van der Waals surface area contributed by atoms with Crippen molar-refractivity contribution in [2.45, 2.75) is 39.7 Å². The standard InChI is InChI=1S/C10H18O2/c1-6-4-7(2)9(11)10(12)8(3)5-6/h6-9,11H,4-5H2,1-3H3. The van der Waals surface area contributed by atoms with E-state index in [1.54, 1.807) is 0 Å². The van der Waals surface area contributed by atoms with E-state index in [2.05, 4.69) is 6.92 Å². The molecule has 1 N–H and O–H groups in total. The smallest absolute Gasteiger partial charge is 0.164 e. The molecule has 0 amide bonds. The fourth-order valence-electron chi connectivity index (χ4n) is 2.15. The fourth-order valence-corrected chi connectivity index (χ4v) is 2.15. The first-order valence-corrected chi connectivity index (χ1v) is 4.74. The lowest BCUT2D eigenvalue weighted by Crippen LogP contribution is -2.29. The van der Waals surface area contributed by atoms with Crippen LogP contribution in [0.3, 0.4) is 0 Å². The van der Waals surface area contributed by atoms with Gasteiger partial charge in [-0.3, -0.25) is 4.79 Å². The van der Waals surface area contributed by atoms with Crippen LogP contribution in [0.4, 0.5) is 0 Å². The van der Waals surface area contributed by atoms with Gasteiger partial charge in [0.1, 0.15) is 6.10 Å². The lowest BCUT2D eigenvalue weighted by atomic mass is 9.94. The summed E-state index contributed by atoms with van der Waals surface area (Å²) < 4.78 is 0. The molecule has 1 rings (SSSR count). The molecule has 70 valence electrons. The van der Waals surface area contributed by atoms with Crippen molar-refractivity contribution < 1.29 is 9.90 Å². The zero-order chi connectivity index (χ0) is 9.30. The SMILES string of the molecule is CC1CC(C)C(=O)C(O)C(C)C1. The number of carbonyl (C=O) groups is 1. The molecule has 0 bridgehead atoms. The fraction of sp³-hybridized carbons (Fsp3) is 0.900. The Balaban J connectivity index is 2.73. The summed E-state index contributed by atoms with van der Waals surface area (Å²) in [5.41, 5.74) is 0. The lowest BCUT2D eigenvalue weighted by molar-refractivity contribution is -0.132. The molecule has 0 aromatic heterocycles.